The molecule has 0 radical (unpaired) electrons. The number of methoxy groups -OCH3 is 1. The van der Waals surface area contributed by atoms with E-state index in [1.54, 1.807) is 30.5 Å². The van der Waals surface area contributed by atoms with E-state index >= 15 is 0 Å². The minimum Gasteiger partial charge on any atom is -0.494 e. The Kier molecular flexibility index (Phi) is 5.04. The van der Waals surface area contributed by atoms with Gasteiger partial charge in [-0.05, 0) is 48.0 Å². The van der Waals surface area contributed by atoms with Gasteiger partial charge in [0.1, 0.15) is 5.82 Å². The summed E-state index contributed by atoms with van der Waals surface area (Å²) in [6.07, 6.45) is 2.25. The maximum atomic E-state index is 14.3. The van der Waals surface area contributed by atoms with Crippen molar-refractivity contribution in [1.82, 2.24) is 15.0 Å². The third-order valence-corrected chi connectivity index (χ3v) is 4.55. The summed E-state index contributed by atoms with van der Waals surface area (Å²) >= 11 is 0. The number of aromatic nitrogens is 3. The average molecular weight is 384 g/mol. The topological polar surface area (TPSA) is 74.6 Å². The Bertz CT molecular complexity index is 1180. The molecule has 0 aliphatic carbocycles. The van der Waals surface area contributed by atoms with Crippen molar-refractivity contribution in [2.75, 3.05) is 7.11 Å². The minimum atomic E-state index is -0.450. The van der Waals surface area contributed by atoms with Gasteiger partial charge < -0.3 is 9.72 Å². The maximum absolute atomic E-state index is 14.3. The Balaban J connectivity index is 1.76. The molecule has 0 fully saturated rings. The van der Waals surface area contributed by atoms with Crippen LogP contribution in [0, 0.1) is 17.1 Å². The summed E-state index contributed by atoms with van der Waals surface area (Å²) in [6.45, 7) is 0. The van der Waals surface area contributed by atoms with Crippen molar-refractivity contribution >= 4 is 0 Å². The van der Waals surface area contributed by atoms with E-state index in [9.17, 15) is 4.39 Å². The van der Waals surface area contributed by atoms with Crippen molar-refractivity contribution in [3.8, 4) is 34.5 Å². The molecule has 142 valence electrons. The largest absolute Gasteiger partial charge is 0.494 e. The second-order valence-corrected chi connectivity index (χ2v) is 6.46. The Labute approximate surface area is 167 Å². The van der Waals surface area contributed by atoms with Gasteiger partial charge in [0.15, 0.2) is 11.6 Å². The summed E-state index contributed by atoms with van der Waals surface area (Å²) in [5.74, 6) is 0.455. The molecule has 0 unspecified atom stereocenters. The summed E-state index contributed by atoms with van der Waals surface area (Å²) in [7, 11) is 1.43. The van der Waals surface area contributed by atoms with Crippen molar-refractivity contribution in [2.45, 2.75) is 6.42 Å². The molecule has 0 amide bonds. The van der Waals surface area contributed by atoms with Gasteiger partial charge in [-0.1, -0.05) is 18.2 Å². The SMILES string of the molecule is COc1ccc(-c2nc(Cc3ccc(C#N)cc3)[nH]c2-c2ccccn2)cc1F. The van der Waals surface area contributed by atoms with Crippen LogP contribution in [0.3, 0.4) is 0 Å². The van der Waals surface area contributed by atoms with Crippen LogP contribution >= 0.6 is 0 Å². The Morgan fingerprint density at radius 3 is 2.59 bits per heavy atom. The number of benzene rings is 2. The first kappa shape index (κ1) is 18.4. The van der Waals surface area contributed by atoms with Crippen LogP contribution in [0.5, 0.6) is 5.75 Å². The lowest BCUT2D eigenvalue weighted by molar-refractivity contribution is 0.386. The van der Waals surface area contributed by atoms with Crippen LogP contribution in [0.1, 0.15) is 17.0 Å². The number of imidazole rings is 1. The molecular weight excluding hydrogens is 367 g/mol. The molecule has 0 bridgehead atoms. The monoisotopic (exact) mass is 384 g/mol. The van der Waals surface area contributed by atoms with Crippen molar-refractivity contribution < 1.29 is 9.13 Å². The number of hydrogen-bond donors (Lipinski definition) is 1. The zero-order valence-corrected chi connectivity index (χ0v) is 15.7. The summed E-state index contributed by atoms with van der Waals surface area (Å²) in [5.41, 5.74) is 4.31. The molecule has 0 aliphatic heterocycles. The number of rotatable bonds is 5. The minimum absolute atomic E-state index is 0.182. The van der Waals surface area contributed by atoms with Gasteiger partial charge in [0.25, 0.3) is 0 Å². The number of aromatic amines is 1. The molecule has 0 aliphatic rings. The van der Waals surface area contributed by atoms with E-state index in [0.29, 0.717) is 23.2 Å². The van der Waals surface area contributed by atoms with Crippen molar-refractivity contribution in [3.05, 3.63) is 89.6 Å². The number of halogens is 1. The molecule has 0 spiro atoms. The highest BCUT2D eigenvalue weighted by Gasteiger charge is 2.17. The molecule has 1 N–H and O–H groups in total. The molecule has 2 aromatic heterocycles. The number of nitrogens with zero attached hydrogens (tertiary/aromatic N) is 3. The molecule has 2 aromatic carbocycles. The lowest BCUT2D eigenvalue weighted by atomic mass is 10.1. The standard InChI is InChI=1S/C23H17FN4O/c1-29-20-10-9-17(13-18(20)24)22-23(19-4-2-3-11-26-19)28-21(27-22)12-15-5-7-16(14-25)8-6-15/h2-11,13H,12H2,1H3,(H,27,28). The number of pyridine rings is 1. The smallest absolute Gasteiger partial charge is 0.165 e. The third-order valence-electron chi connectivity index (χ3n) is 4.55. The fourth-order valence-corrected chi connectivity index (χ4v) is 3.12. The van der Waals surface area contributed by atoms with Crippen LogP contribution in [0.15, 0.2) is 66.9 Å². The van der Waals surface area contributed by atoms with Gasteiger partial charge in [0.05, 0.1) is 35.8 Å². The molecule has 0 atom stereocenters. The highest BCUT2D eigenvalue weighted by molar-refractivity contribution is 5.77. The van der Waals surface area contributed by atoms with E-state index in [2.05, 4.69) is 16.0 Å². The average Bonchev–Trinajstić information content (AvgIpc) is 3.18. The van der Waals surface area contributed by atoms with Crippen LogP contribution in [0.2, 0.25) is 0 Å². The molecule has 4 rings (SSSR count). The van der Waals surface area contributed by atoms with Gasteiger partial charge in [0, 0.05) is 18.2 Å². The second-order valence-electron chi connectivity index (χ2n) is 6.46. The number of nitrogens with one attached hydrogen (secondary N) is 1. The highest BCUT2D eigenvalue weighted by Crippen LogP contribution is 2.32. The molecular formula is C23H17FN4O. The Morgan fingerprint density at radius 2 is 1.93 bits per heavy atom. The van der Waals surface area contributed by atoms with E-state index in [4.69, 9.17) is 15.0 Å². The first-order valence-electron chi connectivity index (χ1n) is 9.01. The predicted molar refractivity (Wildman–Crippen MR) is 108 cm³/mol. The lowest BCUT2D eigenvalue weighted by Crippen LogP contribution is -1.91. The van der Waals surface area contributed by atoms with Crippen molar-refractivity contribution in [2.24, 2.45) is 0 Å². The highest BCUT2D eigenvalue weighted by atomic mass is 19.1. The number of H-pyrrole nitrogens is 1. The van der Waals surface area contributed by atoms with Crippen molar-refractivity contribution in [3.63, 3.8) is 0 Å². The van der Waals surface area contributed by atoms with Gasteiger partial charge in [-0.25, -0.2) is 9.37 Å². The summed E-state index contributed by atoms with van der Waals surface area (Å²) < 4.78 is 19.3. The van der Waals surface area contributed by atoms with E-state index < -0.39 is 5.82 Å². The first-order chi connectivity index (χ1) is 14.2. The van der Waals surface area contributed by atoms with Crippen LogP contribution < -0.4 is 4.74 Å². The molecule has 29 heavy (non-hydrogen) atoms. The fourth-order valence-electron chi connectivity index (χ4n) is 3.12. The lowest BCUT2D eigenvalue weighted by Gasteiger charge is -2.05. The van der Waals surface area contributed by atoms with E-state index in [1.807, 2.05) is 30.3 Å². The first-order valence-corrected chi connectivity index (χ1v) is 9.01. The maximum Gasteiger partial charge on any atom is 0.165 e. The fraction of sp³-hybridized carbons (Fsp3) is 0.0870. The molecule has 0 saturated heterocycles. The predicted octanol–water partition coefficient (Wildman–Crippen LogP) is 4.75. The van der Waals surface area contributed by atoms with Gasteiger partial charge in [0.2, 0.25) is 0 Å². The quantitative estimate of drug-likeness (QED) is 0.539. The van der Waals surface area contributed by atoms with Crippen molar-refractivity contribution in [1.29, 1.82) is 5.26 Å². The second kappa shape index (κ2) is 7.95. The van der Waals surface area contributed by atoms with Gasteiger partial charge in [-0.15, -0.1) is 0 Å². The Morgan fingerprint density at radius 1 is 1.10 bits per heavy atom. The molecule has 6 heteroatoms. The number of nitriles is 1. The number of ether oxygens (including phenoxy) is 1. The normalized spacial score (nSPS) is 10.5. The van der Waals surface area contributed by atoms with Crippen LogP contribution in [-0.4, -0.2) is 22.1 Å². The van der Waals surface area contributed by atoms with E-state index in [0.717, 1.165) is 22.8 Å². The van der Waals surface area contributed by atoms with Crippen LogP contribution in [-0.2, 0) is 6.42 Å². The summed E-state index contributed by atoms with van der Waals surface area (Å²) in [6, 6.07) is 19.8. The van der Waals surface area contributed by atoms with E-state index in [-0.39, 0.29) is 5.75 Å². The zero-order chi connectivity index (χ0) is 20.2. The number of hydrogen-bond acceptors (Lipinski definition) is 4. The molecule has 2 heterocycles. The zero-order valence-electron chi connectivity index (χ0n) is 15.7. The van der Waals surface area contributed by atoms with Gasteiger partial charge in [-0.3, -0.25) is 4.98 Å². The van der Waals surface area contributed by atoms with Crippen LogP contribution in [0.4, 0.5) is 4.39 Å². The Hall–Kier alpha value is -3.98. The molecule has 0 saturated carbocycles. The molecule has 4 aromatic rings. The van der Waals surface area contributed by atoms with Gasteiger partial charge in [-0.2, -0.15) is 5.26 Å². The van der Waals surface area contributed by atoms with E-state index in [1.165, 1.54) is 13.2 Å². The summed E-state index contributed by atoms with van der Waals surface area (Å²) in [5, 5.41) is 8.95. The van der Waals surface area contributed by atoms with Gasteiger partial charge >= 0.3 is 0 Å². The molecule has 5 nitrogen and oxygen atoms in total. The van der Waals surface area contributed by atoms with Crippen LogP contribution in [0.25, 0.3) is 22.6 Å². The summed E-state index contributed by atoms with van der Waals surface area (Å²) in [4.78, 5) is 12.5. The third kappa shape index (κ3) is 3.85.